The summed E-state index contributed by atoms with van der Waals surface area (Å²) in [4.78, 5) is 5.55. The van der Waals surface area contributed by atoms with Crippen LogP contribution in [0, 0.1) is 0 Å². The van der Waals surface area contributed by atoms with Crippen molar-refractivity contribution in [1.82, 2.24) is 10.3 Å². The van der Waals surface area contributed by atoms with Crippen molar-refractivity contribution in [2.75, 3.05) is 19.4 Å². The summed E-state index contributed by atoms with van der Waals surface area (Å²) in [5, 5.41) is 4.24. The Morgan fingerprint density at radius 2 is 2.10 bits per heavy atom. The fraction of sp³-hybridized carbons (Fsp3) is 0.312. The standard InChI is InChI=1S/C16H19ClN2OS/c1-3-18-13(16-14(20-2)8-6-10-19-16)11-21-15-9-5-4-7-12(15)17/h4-10,13,18H,3,11H2,1-2H3. The minimum atomic E-state index is 0.118. The molecule has 0 spiro atoms. The van der Waals surface area contributed by atoms with Crippen LogP contribution in [0.4, 0.5) is 0 Å². The van der Waals surface area contributed by atoms with Gasteiger partial charge in [0, 0.05) is 16.8 Å². The Hall–Kier alpha value is -1.23. The lowest BCUT2D eigenvalue weighted by Gasteiger charge is -2.19. The molecule has 1 aromatic heterocycles. The summed E-state index contributed by atoms with van der Waals surface area (Å²) in [5.41, 5.74) is 0.932. The summed E-state index contributed by atoms with van der Waals surface area (Å²) < 4.78 is 5.41. The van der Waals surface area contributed by atoms with E-state index in [1.807, 2.05) is 36.4 Å². The number of nitrogens with one attached hydrogen (secondary N) is 1. The molecule has 0 bridgehead atoms. The first-order valence-corrected chi connectivity index (χ1v) is 8.22. The highest BCUT2D eigenvalue weighted by molar-refractivity contribution is 7.99. The van der Waals surface area contributed by atoms with E-state index in [4.69, 9.17) is 16.3 Å². The number of pyridine rings is 1. The third-order valence-corrected chi connectivity index (χ3v) is 4.65. The van der Waals surface area contributed by atoms with Gasteiger partial charge in [-0.1, -0.05) is 30.7 Å². The van der Waals surface area contributed by atoms with Crippen LogP contribution in [0.15, 0.2) is 47.5 Å². The molecule has 0 aliphatic rings. The highest BCUT2D eigenvalue weighted by Crippen LogP contribution is 2.31. The Morgan fingerprint density at radius 1 is 1.29 bits per heavy atom. The monoisotopic (exact) mass is 322 g/mol. The summed E-state index contributed by atoms with van der Waals surface area (Å²) in [6.07, 6.45) is 1.79. The Kier molecular flexibility index (Phi) is 6.36. The summed E-state index contributed by atoms with van der Waals surface area (Å²) in [5.74, 6) is 1.65. The first-order chi connectivity index (χ1) is 10.3. The van der Waals surface area contributed by atoms with Crippen molar-refractivity contribution in [2.45, 2.75) is 17.9 Å². The molecule has 1 atom stereocenters. The van der Waals surface area contributed by atoms with Gasteiger partial charge in [-0.2, -0.15) is 0 Å². The molecule has 2 rings (SSSR count). The Balaban J connectivity index is 2.14. The molecule has 1 unspecified atom stereocenters. The Bertz CT molecular complexity index is 580. The van der Waals surface area contributed by atoms with Gasteiger partial charge < -0.3 is 10.1 Å². The first kappa shape index (κ1) is 16.1. The van der Waals surface area contributed by atoms with Crippen LogP contribution in [0.25, 0.3) is 0 Å². The van der Waals surface area contributed by atoms with Crippen LogP contribution in [0.3, 0.4) is 0 Å². The zero-order valence-corrected chi connectivity index (χ0v) is 13.7. The molecule has 0 radical (unpaired) electrons. The van der Waals surface area contributed by atoms with Crippen LogP contribution in [0.1, 0.15) is 18.7 Å². The number of halogens is 1. The molecule has 0 amide bonds. The normalized spacial score (nSPS) is 12.1. The second-order valence-corrected chi connectivity index (χ2v) is 5.91. The molecule has 0 aliphatic heterocycles. The number of methoxy groups -OCH3 is 1. The summed E-state index contributed by atoms with van der Waals surface area (Å²) in [6.45, 7) is 2.95. The maximum atomic E-state index is 6.21. The lowest BCUT2D eigenvalue weighted by Crippen LogP contribution is -2.24. The molecule has 5 heteroatoms. The number of ether oxygens (including phenoxy) is 1. The summed E-state index contributed by atoms with van der Waals surface area (Å²) in [7, 11) is 1.67. The van der Waals surface area contributed by atoms with Gasteiger partial charge in [0.2, 0.25) is 0 Å². The fourth-order valence-electron chi connectivity index (χ4n) is 2.05. The summed E-state index contributed by atoms with van der Waals surface area (Å²) in [6, 6.07) is 11.8. The van der Waals surface area contributed by atoms with Gasteiger partial charge in [0.25, 0.3) is 0 Å². The quantitative estimate of drug-likeness (QED) is 0.775. The van der Waals surface area contributed by atoms with E-state index in [1.165, 1.54) is 0 Å². The van der Waals surface area contributed by atoms with Crippen molar-refractivity contribution in [3.8, 4) is 5.75 Å². The van der Waals surface area contributed by atoms with Gasteiger partial charge in [-0.25, -0.2) is 0 Å². The number of hydrogen-bond donors (Lipinski definition) is 1. The third-order valence-electron chi connectivity index (χ3n) is 3.04. The molecule has 0 saturated heterocycles. The largest absolute Gasteiger partial charge is 0.495 e. The van der Waals surface area contributed by atoms with Gasteiger partial charge in [-0.3, -0.25) is 4.98 Å². The van der Waals surface area contributed by atoms with E-state index in [9.17, 15) is 0 Å². The molecule has 0 fully saturated rings. The number of aromatic nitrogens is 1. The van der Waals surface area contributed by atoms with E-state index in [0.717, 1.165) is 33.7 Å². The zero-order valence-electron chi connectivity index (χ0n) is 12.2. The maximum Gasteiger partial charge on any atom is 0.142 e. The highest BCUT2D eigenvalue weighted by atomic mass is 35.5. The molecule has 0 saturated carbocycles. The van der Waals surface area contributed by atoms with Crippen LogP contribution in [0.2, 0.25) is 5.02 Å². The maximum absolute atomic E-state index is 6.21. The van der Waals surface area contributed by atoms with Crippen molar-refractivity contribution < 1.29 is 4.74 Å². The number of rotatable bonds is 7. The fourth-order valence-corrected chi connectivity index (χ4v) is 3.35. The van der Waals surface area contributed by atoms with Crippen LogP contribution < -0.4 is 10.1 Å². The van der Waals surface area contributed by atoms with Gasteiger partial charge >= 0.3 is 0 Å². The molecule has 2 aromatic rings. The third kappa shape index (κ3) is 4.37. The van der Waals surface area contributed by atoms with E-state index in [2.05, 4.69) is 17.2 Å². The number of thioether (sulfide) groups is 1. The van der Waals surface area contributed by atoms with Crippen LogP contribution in [-0.4, -0.2) is 24.4 Å². The predicted octanol–water partition coefficient (Wildman–Crippen LogP) is 4.19. The van der Waals surface area contributed by atoms with E-state index in [1.54, 1.807) is 25.1 Å². The van der Waals surface area contributed by atoms with Crippen molar-refractivity contribution >= 4 is 23.4 Å². The van der Waals surface area contributed by atoms with Gasteiger partial charge in [-0.15, -0.1) is 11.8 Å². The minimum absolute atomic E-state index is 0.118. The van der Waals surface area contributed by atoms with E-state index < -0.39 is 0 Å². The molecule has 3 nitrogen and oxygen atoms in total. The van der Waals surface area contributed by atoms with Gasteiger partial charge in [0.1, 0.15) is 5.75 Å². The lowest BCUT2D eigenvalue weighted by molar-refractivity contribution is 0.398. The predicted molar refractivity (Wildman–Crippen MR) is 89.4 cm³/mol. The topological polar surface area (TPSA) is 34.2 Å². The number of benzene rings is 1. The zero-order chi connectivity index (χ0) is 15.1. The van der Waals surface area contributed by atoms with Gasteiger partial charge in [0.05, 0.1) is 23.9 Å². The minimum Gasteiger partial charge on any atom is -0.495 e. The average Bonchev–Trinajstić information content (AvgIpc) is 2.53. The van der Waals surface area contributed by atoms with E-state index >= 15 is 0 Å². The van der Waals surface area contributed by atoms with E-state index in [0.29, 0.717) is 0 Å². The van der Waals surface area contributed by atoms with Crippen LogP contribution in [0.5, 0.6) is 5.75 Å². The second-order valence-electron chi connectivity index (χ2n) is 4.44. The molecule has 112 valence electrons. The lowest BCUT2D eigenvalue weighted by atomic mass is 10.2. The SMILES string of the molecule is CCNC(CSc1ccccc1Cl)c1ncccc1OC. The van der Waals surface area contributed by atoms with Crippen LogP contribution >= 0.6 is 23.4 Å². The second kappa shape index (κ2) is 8.27. The van der Waals surface area contributed by atoms with Gasteiger partial charge in [0.15, 0.2) is 0 Å². The Morgan fingerprint density at radius 3 is 2.81 bits per heavy atom. The van der Waals surface area contributed by atoms with Crippen molar-refractivity contribution in [3.63, 3.8) is 0 Å². The van der Waals surface area contributed by atoms with Crippen molar-refractivity contribution in [2.24, 2.45) is 0 Å². The molecule has 1 heterocycles. The molecular formula is C16H19ClN2OS. The van der Waals surface area contributed by atoms with Crippen molar-refractivity contribution in [3.05, 3.63) is 53.3 Å². The molecule has 1 aromatic carbocycles. The molecule has 1 N–H and O–H groups in total. The first-order valence-electron chi connectivity index (χ1n) is 6.85. The highest BCUT2D eigenvalue weighted by Gasteiger charge is 2.17. The van der Waals surface area contributed by atoms with Crippen molar-refractivity contribution in [1.29, 1.82) is 0 Å². The number of hydrogen-bond acceptors (Lipinski definition) is 4. The van der Waals surface area contributed by atoms with Gasteiger partial charge in [-0.05, 0) is 30.8 Å². The molecule has 21 heavy (non-hydrogen) atoms. The smallest absolute Gasteiger partial charge is 0.142 e. The van der Waals surface area contributed by atoms with Crippen LogP contribution in [-0.2, 0) is 0 Å². The molecule has 0 aliphatic carbocycles. The van der Waals surface area contributed by atoms with E-state index in [-0.39, 0.29) is 6.04 Å². The Labute approximate surface area is 135 Å². The number of nitrogens with zero attached hydrogens (tertiary/aromatic N) is 1. The summed E-state index contributed by atoms with van der Waals surface area (Å²) >= 11 is 7.93. The average molecular weight is 323 g/mol. The molecular weight excluding hydrogens is 304 g/mol.